The third-order valence-electron chi connectivity index (χ3n) is 1.56. The van der Waals surface area contributed by atoms with E-state index in [1.54, 1.807) is 25.2 Å². The van der Waals surface area contributed by atoms with E-state index in [0.717, 1.165) is 5.56 Å². The van der Waals surface area contributed by atoms with Crippen LogP contribution >= 0.6 is 0 Å². The van der Waals surface area contributed by atoms with E-state index in [4.69, 9.17) is 0 Å². The molecule has 0 aliphatic rings. The number of carbonyl (C=O) groups excluding carboxylic acids is 1. The van der Waals surface area contributed by atoms with Gasteiger partial charge in [0, 0.05) is 20.2 Å². The van der Waals surface area contributed by atoms with Crippen LogP contribution in [0.15, 0.2) is 36.4 Å². The third-order valence-corrected chi connectivity index (χ3v) is 1.56. The van der Waals surface area contributed by atoms with Gasteiger partial charge in [-0.05, 0) is 11.6 Å². The first-order chi connectivity index (χ1) is 6.68. The van der Waals surface area contributed by atoms with Crippen LogP contribution < -0.4 is 5.43 Å². The molecule has 1 aromatic rings. The zero-order valence-electron chi connectivity index (χ0n) is 8.40. The van der Waals surface area contributed by atoms with E-state index in [1.807, 2.05) is 30.3 Å². The van der Waals surface area contributed by atoms with Gasteiger partial charge in [0.15, 0.2) is 0 Å². The van der Waals surface area contributed by atoms with Crippen molar-refractivity contribution < 1.29 is 4.79 Å². The number of carbonyl (C=O) groups is 1. The maximum absolute atomic E-state index is 11.2. The van der Waals surface area contributed by atoms with Crippen molar-refractivity contribution in [3.8, 4) is 0 Å². The van der Waals surface area contributed by atoms with Crippen LogP contribution in [0.25, 0.3) is 6.08 Å². The number of rotatable bonds is 3. The van der Waals surface area contributed by atoms with Gasteiger partial charge in [0.25, 0.3) is 5.91 Å². The molecule has 0 atom stereocenters. The molecule has 0 unspecified atom stereocenters. The van der Waals surface area contributed by atoms with Gasteiger partial charge in [0.2, 0.25) is 0 Å². The Balaban J connectivity index is 2.52. The Morgan fingerprint density at radius 3 is 2.50 bits per heavy atom. The summed E-state index contributed by atoms with van der Waals surface area (Å²) in [6.07, 6.45) is 3.29. The van der Waals surface area contributed by atoms with E-state index in [2.05, 4.69) is 5.43 Å². The summed E-state index contributed by atoms with van der Waals surface area (Å²) >= 11 is 0. The van der Waals surface area contributed by atoms with Gasteiger partial charge in [-0.1, -0.05) is 30.3 Å². The second kappa shape index (κ2) is 5.19. The molecule has 0 spiro atoms. The molecular weight excluding hydrogens is 176 g/mol. The van der Waals surface area contributed by atoms with Crippen molar-refractivity contribution in [2.75, 3.05) is 14.1 Å². The molecule has 3 heteroatoms. The zero-order valence-corrected chi connectivity index (χ0v) is 8.40. The van der Waals surface area contributed by atoms with E-state index in [0.29, 0.717) is 0 Å². The highest BCUT2D eigenvalue weighted by Gasteiger charge is 1.94. The fourth-order valence-corrected chi connectivity index (χ4v) is 0.994. The largest absolute Gasteiger partial charge is 0.286 e. The van der Waals surface area contributed by atoms with Crippen molar-refractivity contribution in [2.24, 2.45) is 0 Å². The Kier molecular flexibility index (Phi) is 3.88. The SMILES string of the molecule is CN(C)NC(=O)C=Cc1ccccc1. The second-order valence-corrected chi connectivity index (χ2v) is 3.11. The predicted molar refractivity (Wildman–Crippen MR) is 57.3 cm³/mol. The molecule has 0 aliphatic carbocycles. The molecule has 0 aromatic heterocycles. The second-order valence-electron chi connectivity index (χ2n) is 3.11. The average Bonchev–Trinajstić information content (AvgIpc) is 2.15. The highest BCUT2D eigenvalue weighted by Crippen LogP contribution is 2.00. The molecule has 0 saturated carbocycles. The number of nitrogens with zero attached hydrogens (tertiary/aromatic N) is 1. The van der Waals surface area contributed by atoms with Crippen molar-refractivity contribution in [1.82, 2.24) is 10.4 Å². The number of hydrogen-bond acceptors (Lipinski definition) is 2. The molecule has 0 fully saturated rings. The number of benzene rings is 1. The topological polar surface area (TPSA) is 32.3 Å². The van der Waals surface area contributed by atoms with Crippen LogP contribution in [0.1, 0.15) is 5.56 Å². The van der Waals surface area contributed by atoms with Gasteiger partial charge < -0.3 is 0 Å². The summed E-state index contributed by atoms with van der Waals surface area (Å²) in [6, 6.07) is 9.70. The summed E-state index contributed by atoms with van der Waals surface area (Å²) in [5.74, 6) is -0.126. The molecule has 0 aliphatic heterocycles. The summed E-state index contributed by atoms with van der Waals surface area (Å²) in [4.78, 5) is 11.2. The minimum Gasteiger partial charge on any atom is -0.286 e. The van der Waals surface area contributed by atoms with Crippen LogP contribution in [-0.4, -0.2) is 25.0 Å². The fourth-order valence-electron chi connectivity index (χ4n) is 0.994. The quantitative estimate of drug-likeness (QED) is 0.575. The molecule has 1 rings (SSSR count). The first-order valence-corrected chi connectivity index (χ1v) is 4.39. The van der Waals surface area contributed by atoms with E-state index in [1.165, 1.54) is 6.08 Å². The lowest BCUT2D eigenvalue weighted by Crippen LogP contribution is -2.34. The van der Waals surface area contributed by atoms with Crippen molar-refractivity contribution in [3.05, 3.63) is 42.0 Å². The summed E-state index contributed by atoms with van der Waals surface area (Å²) in [5, 5.41) is 1.61. The standard InChI is InChI=1S/C11H14N2O/c1-13(2)12-11(14)9-8-10-6-4-3-5-7-10/h3-9H,1-2H3,(H,12,14). The van der Waals surface area contributed by atoms with Crippen molar-refractivity contribution in [3.63, 3.8) is 0 Å². The van der Waals surface area contributed by atoms with Crippen LogP contribution in [0.2, 0.25) is 0 Å². The summed E-state index contributed by atoms with van der Waals surface area (Å²) in [6.45, 7) is 0. The highest BCUT2D eigenvalue weighted by atomic mass is 16.2. The third kappa shape index (κ3) is 3.87. The van der Waals surface area contributed by atoms with Crippen LogP contribution in [0.5, 0.6) is 0 Å². The van der Waals surface area contributed by atoms with Crippen LogP contribution in [0.3, 0.4) is 0 Å². The Morgan fingerprint density at radius 2 is 1.93 bits per heavy atom. The minimum atomic E-state index is -0.126. The number of amides is 1. The van der Waals surface area contributed by atoms with Crippen LogP contribution in [-0.2, 0) is 4.79 Å². The lowest BCUT2D eigenvalue weighted by atomic mass is 10.2. The number of hydrazine groups is 1. The predicted octanol–water partition coefficient (Wildman–Crippen LogP) is 1.29. The normalized spacial score (nSPS) is 10.8. The number of nitrogens with one attached hydrogen (secondary N) is 1. The smallest absolute Gasteiger partial charge is 0.258 e. The van der Waals surface area contributed by atoms with E-state index < -0.39 is 0 Å². The average molecular weight is 190 g/mol. The van der Waals surface area contributed by atoms with Gasteiger partial charge in [-0.25, -0.2) is 5.01 Å². The van der Waals surface area contributed by atoms with Gasteiger partial charge in [-0.2, -0.15) is 0 Å². The molecule has 3 nitrogen and oxygen atoms in total. The summed E-state index contributed by atoms with van der Waals surface area (Å²) in [5.41, 5.74) is 3.64. The Labute approximate surface area is 84.0 Å². The van der Waals surface area contributed by atoms with E-state index >= 15 is 0 Å². The lowest BCUT2D eigenvalue weighted by molar-refractivity contribution is -0.119. The van der Waals surface area contributed by atoms with E-state index in [9.17, 15) is 4.79 Å². The van der Waals surface area contributed by atoms with Gasteiger partial charge in [-0.3, -0.25) is 10.2 Å². The maximum Gasteiger partial charge on any atom is 0.258 e. The molecule has 14 heavy (non-hydrogen) atoms. The lowest BCUT2D eigenvalue weighted by Gasteiger charge is -2.08. The molecule has 0 heterocycles. The van der Waals surface area contributed by atoms with Gasteiger partial charge in [0.05, 0.1) is 0 Å². The molecule has 74 valence electrons. The molecule has 1 amide bonds. The van der Waals surface area contributed by atoms with Crippen LogP contribution in [0.4, 0.5) is 0 Å². The maximum atomic E-state index is 11.2. The fraction of sp³-hybridized carbons (Fsp3) is 0.182. The highest BCUT2D eigenvalue weighted by molar-refractivity contribution is 5.91. The molecule has 0 bridgehead atoms. The van der Waals surface area contributed by atoms with Crippen molar-refractivity contribution in [2.45, 2.75) is 0 Å². The Hall–Kier alpha value is -1.61. The summed E-state index contributed by atoms with van der Waals surface area (Å²) in [7, 11) is 3.54. The first-order valence-electron chi connectivity index (χ1n) is 4.39. The van der Waals surface area contributed by atoms with Gasteiger partial charge in [0.1, 0.15) is 0 Å². The number of hydrogen-bond donors (Lipinski definition) is 1. The molecule has 1 aromatic carbocycles. The Morgan fingerprint density at radius 1 is 1.29 bits per heavy atom. The van der Waals surface area contributed by atoms with Crippen LogP contribution in [0, 0.1) is 0 Å². The summed E-state index contributed by atoms with van der Waals surface area (Å²) < 4.78 is 0. The van der Waals surface area contributed by atoms with Gasteiger partial charge in [-0.15, -0.1) is 0 Å². The molecular formula is C11H14N2O. The van der Waals surface area contributed by atoms with Gasteiger partial charge >= 0.3 is 0 Å². The zero-order chi connectivity index (χ0) is 10.4. The van der Waals surface area contributed by atoms with Crippen molar-refractivity contribution in [1.29, 1.82) is 0 Å². The molecule has 0 saturated heterocycles. The monoisotopic (exact) mass is 190 g/mol. The minimum absolute atomic E-state index is 0.126. The first kappa shape index (κ1) is 10.5. The molecule has 1 N–H and O–H groups in total. The van der Waals surface area contributed by atoms with Crippen molar-refractivity contribution >= 4 is 12.0 Å². The Bertz CT molecular complexity index is 317. The molecule has 0 radical (unpaired) electrons. The van der Waals surface area contributed by atoms with E-state index in [-0.39, 0.29) is 5.91 Å².